The Morgan fingerprint density at radius 3 is 2.57 bits per heavy atom. The summed E-state index contributed by atoms with van der Waals surface area (Å²) in [5.74, 6) is -2.17. The molecule has 2 aromatic carbocycles. The second kappa shape index (κ2) is 17.0. The van der Waals surface area contributed by atoms with E-state index in [0.29, 0.717) is 36.9 Å². The molecule has 0 radical (unpaired) electrons. The molecule has 0 saturated carbocycles. The van der Waals surface area contributed by atoms with Gasteiger partial charge in [0.05, 0.1) is 25.0 Å². The lowest BCUT2D eigenvalue weighted by Crippen LogP contribution is -2.46. The second-order valence-corrected chi connectivity index (χ2v) is 11.9. The fourth-order valence-corrected chi connectivity index (χ4v) is 6.23. The quantitative estimate of drug-likeness (QED) is 0.151. The number of aryl methyl sites for hydroxylation is 1. The summed E-state index contributed by atoms with van der Waals surface area (Å²) in [7, 11) is -2.96. The number of aromatic amines is 1. The minimum atomic E-state index is -4.42. The smallest absolute Gasteiger partial charge is 0.331 e. The highest BCUT2D eigenvalue weighted by Crippen LogP contribution is 2.34. The number of benzene rings is 2. The lowest BCUT2D eigenvalue weighted by molar-refractivity contribution is -0.162. The second-order valence-electron chi connectivity index (χ2n) is 10.2. The van der Waals surface area contributed by atoms with Crippen LogP contribution in [0.25, 0.3) is 11.1 Å². The zero-order chi connectivity index (χ0) is 30.7. The number of aromatic nitrogens is 2. The Hall–Kier alpha value is -3.62. The van der Waals surface area contributed by atoms with E-state index in [-0.39, 0.29) is 42.4 Å². The van der Waals surface area contributed by atoms with Crippen LogP contribution in [0.2, 0.25) is 0 Å². The minimum absolute atomic E-state index is 0. The molecule has 0 spiro atoms. The summed E-state index contributed by atoms with van der Waals surface area (Å²) in [5.41, 5.74) is 2.04. The number of sulfonamides is 1. The van der Waals surface area contributed by atoms with Crippen LogP contribution in [0.4, 0.5) is 5.69 Å². The molecule has 1 aliphatic heterocycles. The van der Waals surface area contributed by atoms with Gasteiger partial charge >= 0.3 is 11.9 Å². The van der Waals surface area contributed by atoms with Gasteiger partial charge in [-0.15, -0.1) is 12.4 Å². The number of methoxy groups -OCH3 is 1. The maximum absolute atomic E-state index is 13.9. The number of imidazole rings is 1. The fraction of sp³-hybridized carbons (Fsp3) is 0.400. The Bertz CT molecular complexity index is 1480. The lowest BCUT2D eigenvalue weighted by Gasteiger charge is -2.23. The number of nitrogens with one attached hydrogen (secondary N) is 4. The molecule has 238 valence electrons. The summed E-state index contributed by atoms with van der Waals surface area (Å²) in [6.45, 7) is 0.776. The largest absolute Gasteiger partial charge is 0.391 e. The van der Waals surface area contributed by atoms with Crippen molar-refractivity contribution in [2.45, 2.75) is 61.9 Å². The molecule has 1 fully saturated rings. The van der Waals surface area contributed by atoms with Gasteiger partial charge in [0.25, 0.3) is 0 Å². The van der Waals surface area contributed by atoms with Crippen molar-refractivity contribution < 1.29 is 32.3 Å². The average molecular weight is 648 g/mol. The van der Waals surface area contributed by atoms with Crippen LogP contribution in [0.3, 0.4) is 0 Å². The first-order valence-electron chi connectivity index (χ1n) is 14.2. The Kier molecular flexibility index (Phi) is 13.5. The first-order valence-corrected chi connectivity index (χ1v) is 15.7. The Morgan fingerprint density at radius 2 is 1.89 bits per heavy atom. The van der Waals surface area contributed by atoms with Gasteiger partial charge in [-0.05, 0) is 50.3 Å². The molecular weight excluding hydrogens is 610 g/mol. The van der Waals surface area contributed by atoms with Crippen molar-refractivity contribution in [1.82, 2.24) is 20.0 Å². The van der Waals surface area contributed by atoms with Gasteiger partial charge in [0, 0.05) is 24.6 Å². The monoisotopic (exact) mass is 647 g/mol. The van der Waals surface area contributed by atoms with Crippen molar-refractivity contribution in [1.29, 1.82) is 0 Å². The van der Waals surface area contributed by atoms with Crippen LogP contribution in [-0.4, -0.2) is 68.6 Å². The van der Waals surface area contributed by atoms with Crippen LogP contribution in [0.1, 0.15) is 44.2 Å². The Morgan fingerprint density at radius 1 is 1.09 bits per heavy atom. The lowest BCUT2D eigenvalue weighted by atomic mass is 10.0. The van der Waals surface area contributed by atoms with Gasteiger partial charge in [0.15, 0.2) is 0 Å². The van der Waals surface area contributed by atoms with E-state index in [1.54, 1.807) is 42.6 Å². The molecule has 44 heavy (non-hydrogen) atoms. The van der Waals surface area contributed by atoms with Gasteiger partial charge in [-0.25, -0.2) is 23.0 Å². The maximum Gasteiger partial charge on any atom is 0.331 e. The SMILES string of the molecule is COCCC(=O)Nc1c(-c2ccccc2)cccc1S(=O)(=O)NC(CCCc1cnc[nH]1)C(=O)OC(=O)C1CCCCN1.Cl. The third-order valence-electron chi connectivity index (χ3n) is 7.07. The number of nitrogens with zero attached hydrogens (tertiary/aromatic N) is 1. The number of amides is 1. The summed E-state index contributed by atoms with van der Waals surface area (Å²) in [5, 5.41) is 5.77. The van der Waals surface area contributed by atoms with Crippen molar-refractivity contribution in [2.24, 2.45) is 0 Å². The molecule has 14 heteroatoms. The summed E-state index contributed by atoms with van der Waals surface area (Å²) in [4.78, 5) is 45.5. The number of hydrogen-bond donors (Lipinski definition) is 4. The van der Waals surface area contributed by atoms with Gasteiger partial charge in [-0.1, -0.05) is 48.9 Å². The molecule has 2 heterocycles. The molecule has 0 aliphatic carbocycles. The molecule has 3 aromatic rings. The molecule has 2 unspecified atom stereocenters. The number of carbonyl (C=O) groups is 3. The van der Waals surface area contributed by atoms with Crippen LogP contribution in [0, 0.1) is 0 Å². The highest BCUT2D eigenvalue weighted by atomic mass is 35.5. The van der Waals surface area contributed by atoms with E-state index in [2.05, 4.69) is 25.3 Å². The molecule has 12 nitrogen and oxygen atoms in total. The summed E-state index contributed by atoms with van der Waals surface area (Å²) in [6.07, 6.45) is 6.38. The number of carbonyl (C=O) groups excluding carboxylic acids is 3. The molecule has 2 atom stereocenters. The summed E-state index contributed by atoms with van der Waals surface area (Å²) in [6, 6.07) is 11.6. The Balaban J connectivity index is 0.00000529. The number of ether oxygens (including phenoxy) is 2. The fourth-order valence-electron chi connectivity index (χ4n) is 4.83. The number of rotatable bonds is 14. The molecule has 4 N–H and O–H groups in total. The van der Waals surface area contributed by atoms with Crippen LogP contribution < -0.4 is 15.4 Å². The normalized spacial score (nSPS) is 15.5. The first-order chi connectivity index (χ1) is 20.8. The van der Waals surface area contributed by atoms with Crippen molar-refractivity contribution in [3.8, 4) is 11.1 Å². The van der Waals surface area contributed by atoms with Gasteiger partial charge in [0.1, 0.15) is 17.0 Å². The minimum Gasteiger partial charge on any atom is -0.391 e. The predicted octanol–water partition coefficient (Wildman–Crippen LogP) is 3.36. The van der Waals surface area contributed by atoms with E-state index in [9.17, 15) is 22.8 Å². The molecule has 4 rings (SSSR count). The highest BCUT2D eigenvalue weighted by molar-refractivity contribution is 7.89. The first kappa shape index (κ1) is 34.9. The van der Waals surface area contributed by atoms with Crippen LogP contribution in [0.5, 0.6) is 0 Å². The van der Waals surface area contributed by atoms with Crippen molar-refractivity contribution >= 4 is 46.0 Å². The molecule has 1 aliphatic rings. The summed E-state index contributed by atoms with van der Waals surface area (Å²) < 4.78 is 40.5. The third-order valence-corrected chi connectivity index (χ3v) is 8.58. The maximum atomic E-state index is 13.9. The van der Waals surface area contributed by atoms with Crippen LogP contribution >= 0.6 is 12.4 Å². The number of esters is 2. The van der Waals surface area contributed by atoms with Gasteiger partial charge in [-0.2, -0.15) is 4.72 Å². The van der Waals surface area contributed by atoms with Crippen molar-refractivity contribution in [3.63, 3.8) is 0 Å². The van der Waals surface area contributed by atoms with E-state index in [4.69, 9.17) is 9.47 Å². The van der Waals surface area contributed by atoms with Crippen LogP contribution in [0.15, 0.2) is 66.0 Å². The molecular formula is C30H38ClN5O7S. The van der Waals surface area contributed by atoms with E-state index in [1.807, 2.05) is 6.07 Å². The number of H-pyrrole nitrogens is 1. The molecule has 0 bridgehead atoms. The number of anilines is 1. The number of para-hydroxylation sites is 1. The van der Waals surface area contributed by atoms with Gasteiger partial charge in [-0.3, -0.25) is 4.79 Å². The van der Waals surface area contributed by atoms with E-state index < -0.39 is 40.0 Å². The molecule has 1 saturated heterocycles. The van der Waals surface area contributed by atoms with E-state index in [0.717, 1.165) is 18.5 Å². The van der Waals surface area contributed by atoms with Crippen molar-refractivity contribution in [3.05, 3.63) is 66.7 Å². The third kappa shape index (κ3) is 9.69. The van der Waals surface area contributed by atoms with Gasteiger partial charge < -0.3 is 25.1 Å². The Labute approximate surface area is 263 Å². The molecule has 1 aromatic heterocycles. The van der Waals surface area contributed by atoms with Crippen molar-refractivity contribution in [2.75, 3.05) is 25.6 Å². The zero-order valence-corrected chi connectivity index (χ0v) is 26.0. The number of piperidine rings is 1. The predicted molar refractivity (Wildman–Crippen MR) is 167 cm³/mol. The average Bonchev–Trinajstić information content (AvgIpc) is 3.54. The van der Waals surface area contributed by atoms with E-state index in [1.165, 1.54) is 19.5 Å². The topological polar surface area (TPSA) is 169 Å². The van der Waals surface area contributed by atoms with Gasteiger partial charge in [0.2, 0.25) is 15.9 Å². The number of halogens is 1. The zero-order valence-electron chi connectivity index (χ0n) is 24.4. The number of hydrogen-bond acceptors (Lipinski definition) is 9. The molecule has 1 amide bonds. The summed E-state index contributed by atoms with van der Waals surface area (Å²) >= 11 is 0. The van der Waals surface area contributed by atoms with E-state index >= 15 is 0 Å². The van der Waals surface area contributed by atoms with Crippen LogP contribution in [-0.2, 0) is 40.3 Å². The highest BCUT2D eigenvalue weighted by Gasteiger charge is 2.33. The standard InChI is InChI=1S/C30H37N5O7S.ClH/c1-41-18-16-27(36)34-28-23(21-9-3-2-4-10-21)12-8-15-26(28)43(39,40)35-25(14-7-11-22-19-31-20-33-22)30(38)42-29(37)24-13-5-6-17-32-24;/h2-4,8-10,12,15,19-20,24-25,32,35H,5-7,11,13-14,16-18H2,1H3,(H,31,33)(H,34,36);1H.